The van der Waals surface area contributed by atoms with Crippen LogP contribution in [-0.2, 0) is 4.79 Å². The van der Waals surface area contributed by atoms with E-state index in [-0.39, 0.29) is 5.91 Å². The second-order valence-corrected chi connectivity index (χ2v) is 2.15. The minimum Gasteiger partial charge on any atom is -0.379 e. The van der Waals surface area contributed by atoms with Gasteiger partial charge in [-0.3, -0.25) is 4.79 Å². The van der Waals surface area contributed by atoms with Crippen LogP contribution in [-0.4, -0.2) is 11.1 Å². The maximum Gasteiger partial charge on any atom is 0.217 e. The van der Waals surface area contributed by atoms with E-state index in [0.29, 0.717) is 12.3 Å². The molecular weight excluding hydrogens is 136 g/mol. The molecule has 0 rings (SSSR count). The van der Waals surface area contributed by atoms with Gasteiger partial charge in [0.25, 0.3) is 0 Å². The quantitative estimate of drug-likeness (QED) is 0.445. The van der Waals surface area contributed by atoms with Crippen LogP contribution in [0.15, 0.2) is 5.34 Å². The zero-order valence-corrected chi connectivity index (χ0v) is 6.07. The molecule has 0 aliphatic carbocycles. The molecule has 0 saturated carbocycles. The van der Waals surface area contributed by atoms with Crippen LogP contribution in [0, 0.1) is 10.8 Å². The fourth-order valence-electron chi connectivity index (χ4n) is 0.402. The van der Waals surface area contributed by atoms with Crippen molar-refractivity contribution >= 4 is 5.91 Å². The number of nitrogens with two attached hydrogens (primary N) is 1. The Morgan fingerprint density at radius 2 is 2.00 bits per heavy atom. The highest BCUT2D eigenvalue weighted by molar-refractivity contribution is 5.73. The van der Waals surface area contributed by atoms with E-state index in [9.17, 15) is 4.79 Å². The number of hydrogen-bond donors (Lipinski definition) is 2. The zero-order valence-electron chi connectivity index (χ0n) is 6.07. The minimum atomic E-state index is -0.213. The molecule has 0 aromatic rings. The van der Waals surface area contributed by atoms with E-state index in [1.807, 2.05) is 13.8 Å². The molecule has 0 unspecified atom stereocenters. The number of nitrogens with zero attached hydrogens (tertiary/aromatic N) is 1. The molecule has 0 aromatic heterocycles. The molecule has 1 amide bonds. The highest BCUT2D eigenvalue weighted by atomic mass is 16.6. The highest BCUT2D eigenvalue weighted by Crippen LogP contribution is 1.95. The maximum atomic E-state index is 10.0. The Morgan fingerprint density at radius 3 is 2.00 bits per heavy atom. The Balaban J connectivity index is 0. The Hall–Kier alpha value is -1.13. The van der Waals surface area contributed by atoms with Crippen molar-refractivity contribution in [2.24, 2.45) is 17.0 Å². The molecule has 0 saturated heterocycles. The van der Waals surface area contributed by atoms with Crippen LogP contribution < -0.4 is 5.73 Å². The van der Waals surface area contributed by atoms with Gasteiger partial charge in [0, 0.05) is 6.42 Å². The van der Waals surface area contributed by atoms with Gasteiger partial charge in [0.2, 0.25) is 5.91 Å². The van der Waals surface area contributed by atoms with E-state index in [0.717, 1.165) is 0 Å². The number of carbonyl (C=O) groups is 1. The van der Waals surface area contributed by atoms with E-state index in [1.165, 1.54) is 5.34 Å². The number of carbonyl (C=O) groups excluding carboxylic acids is 1. The first-order chi connectivity index (χ1) is 4.54. The fraction of sp³-hybridized carbons (Fsp3) is 0.800. The molecule has 0 fully saturated rings. The van der Waals surface area contributed by atoms with Gasteiger partial charge in [0.1, 0.15) is 0 Å². The first-order valence-electron chi connectivity index (χ1n) is 2.79. The fourth-order valence-corrected chi connectivity index (χ4v) is 0.402. The summed E-state index contributed by atoms with van der Waals surface area (Å²) >= 11 is 0. The lowest BCUT2D eigenvalue weighted by Crippen LogP contribution is -2.12. The minimum absolute atomic E-state index is 0.213. The van der Waals surface area contributed by atoms with E-state index >= 15 is 0 Å². The molecule has 0 radical (unpaired) electrons. The third kappa shape index (κ3) is 28.7. The first kappa shape index (κ1) is 11.6. The van der Waals surface area contributed by atoms with Crippen molar-refractivity contribution in [3.8, 4) is 0 Å². The molecule has 60 valence electrons. The molecule has 3 N–H and O–H groups in total. The molecule has 0 heterocycles. The molecule has 0 spiro atoms. The number of rotatable bonds is 2. The second-order valence-electron chi connectivity index (χ2n) is 2.15. The first-order valence-corrected chi connectivity index (χ1v) is 2.79. The summed E-state index contributed by atoms with van der Waals surface area (Å²) in [7, 11) is 0. The predicted octanol–water partition coefficient (Wildman–Crippen LogP) is 0.660. The van der Waals surface area contributed by atoms with Crippen molar-refractivity contribution in [2.45, 2.75) is 20.3 Å². The smallest absolute Gasteiger partial charge is 0.217 e. The Morgan fingerprint density at radius 1 is 1.70 bits per heavy atom. The molecule has 0 bridgehead atoms. The summed E-state index contributed by atoms with van der Waals surface area (Å²) in [5.41, 5.74) is 4.85. The molecule has 0 aliphatic heterocycles. The topological polar surface area (TPSA) is 92.8 Å². The SMILES string of the molecule is CC(C)CC(N)=O.O=NO. The van der Waals surface area contributed by atoms with Gasteiger partial charge < -0.3 is 10.9 Å². The van der Waals surface area contributed by atoms with E-state index < -0.39 is 0 Å². The van der Waals surface area contributed by atoms with Gasteiger partial charge in [-0.15, -0.1) is 4.91 Å². The van der Waals surface area contributed by atoms with Crippen LogP contribution in [0.5, 0.6) is 0 Å². The molecular formula is C5H12N2O3. The maximum absolute atomic E-state index is 10.0. The Kier molecular flexibility index (Phi) is 9.16. The third-order valence-electron chi connectivity index (χ3n) is 0.609. The lowest BCUT2D eigenvalue weighted by atomic mass is 10.1. The summed E-state index contributed by atoms with van der Waals surface area (Å²) in [6.07, 6.45) is 0.500. The van der Waals surface area contributed by atoms with Gasteiger partial charge in [-0.25, -0.2) is 0 Å². The number of primary amides is 1. The lowest BCUT2D eigenvalue weighted by molar-refractivity contribution is -0.118. The average Bonchev–Trinajstić information content (AvgIpc) is 1.62. The molecule has 0 aromatic carbocycles. The highest BCUT2D eigenvalue weighted by Gasteiger charge is 1.96. The summed E-state index contributed by atoms with van der Waals surface area (Å²) in [6.45, 7) is 3.93. The van der Waals surface area contributed by atoms with Crippen LogP contribution in [0.2, 0.25) is 0 Å². The van der Waals surface area contributed by atoms with Crippen LogP contribution >= 0.6 is 0 Å². The van der Waals surface area contributed by atoms with E-state index in [2.05, 4.69) is 0 Å². The van der Waals surface area contributed by atoms with Crippen LogP contribution in [0.4, 0.5) is 0 Å². The summed E-state index contributed by atoms with van der Waals surface area (Å²) in [6, 6.07) is 0. The van der Waals surface area contributed by atoms with Crippen molar-refractivity contribution in [3.05, 3.63) is 4.91 Å². The third-order valence-corrected chi connectivity index (χ3v) is 0.609. The van der Waals surface area contributed by atoms with Gasteiger partial charge in [0.15, 0.2) is 5.34 Å². The average molecular weight is 148 g/mol. The molecule has 10 heavy (non-hydrogen) atoms. The summed E-state index contributed by atoms with van der Waals surface area (Å²) in [5.74, 6) is 0.188. The van der Waals surface area contributed by atoms with Gasteiger partial charge >= 0.3 is 0 Å². The summed E-state index contributed by atoms with van der Waals surface area (Å²) < 4.78 is 0. The molecule has 0 aliphatic rings. The van der Waals surface area contributed by atoms with Crippen LogP contribution in [0.1, 0.15) is 20.3 Å². The largest absolute Gasteiger partial charge is 0.379 e. The lowest BCUT2D eigenvalue weighted by Gasteiger charge is -1.95. The Labute approximate surface area is 59.1 Å². The van der Waals surface area contributed by atoms with Crippen LogP contribution in [0.25, 0.3) is 0 Å². The normalized spacial score (nSPS) is 7.90. The van der Waals surface area contributed by atoms with Crippen molar-refractivity contribution in [1.82, 2.24) is 0 Å². The van der Waals surface area contributed by atoms with Gasteiger partial charge in [-0.2, -0.15) is 0 Å². The van der Waals surface area contributed by atoms with E-state index in [4.69, 9.17) is 15.8 Å². The van der Waals surface area contributed by atoms with Crippen molar-refractivity contribution in [2.75, 3.05) is 0 Å². The standard InChI is InChI=1S/C5H11NO.HNO2/c1-4(2)3-5(6)7;2-1-3/h4H,3H2,1-2H3,(H2,6,7);(H,2,3). The zero-order chi connectivity index (χ0) is 8.57. The molecule has 5 heteroatoms. The van der Waals surface area contributed by atoms with Crippen molar-refractivity contribution < 1.29 is 10.0 Å². The van der Waals surface area contributed by atoms with Crippen molar-refractivity contribution in [1.29, 1.82) is 0 Å². The Bertz CT molecular complexity index is 103. The van der Waals surface area contributed by atoms with Gasteiger partial charge in [-0.05, 0) is 5.92 Å². The predicted molar refractivity (Wildman–Crippen MR) is 36.2 cm³/mol. The van der Waals surface area contributed by atoms with Gasteiger partial charge in [-0.1, -0.05) is 13.8 Å². The number of hydrogen-bond acceptors (Lipinski definition) is 3. The van der Waals surface area contributed by atoms with E-state index in [1.54, 1.807) is 0 Å². The van der Waals surface area contributed by atoms with Crippen molar-refractivity contribution in [3.63, 3.8) is 0 Å². The number of amides is 1. The molecule has 0 atom stereocenters. The summed E-state index contributed by atoms with van der Waals surface area (Å²) in [5, 5.41) is 7.89. The molecule has 5 nitrogen and oxygen atoms in total. The van der Waals surface area contributed by atoms with Crippen LogP contribution in [0.3, 0.4) is 0 Å². The summed E-state index contributed by atoms with van der Waals surface area (Å²) in [4.78, 5) is 18.1. The second kappa shape index (κ2) is 7.87. The van der Waals surface area contributed by atoms with Gasteiger partial charge in [0.05, 0.1) is 0 Å². The monoisotopic (exact) mass is 148 g/mol.